The lowest BCUT2D eigenvalue weighted by Crippen LogP contribution is -1.97. The van der Waals surface area contributed by atoms with Crippen molar-refractivity contribution >= 4 is 5.78 Å². The smallest absolute Gasteiger partial charge is 0.189 e. The van der Waals surface area contributed by atoms with Crippen molar-refractivity contribution in [3.8, 4) is 0 Å². The number of ketones is 1. The summed E-state index contributed by atoms with van der Waals surface area (Å²) in [6, 6.07) is 7.50. The average molecular weight is 190 g/mol. The van der Waals surface area contributed by atoms with E-state index in [1.807, 2.05) is 38.1 Å². The molecule has 0 aromatic heterocycles. The molecule has 0 radical (unpaired) electrons. The summed E-state index contributed by atoms with van der Waals surface area (Å²) >= 11 is 0. The highest BCUT2D eigenvalue weighted by Crippen LogP contribution is 2.08. The zero-order valence-electron chi connectivity index (χ0n) is 8.49. The summed E-state index contributed by atoms with van der Waals surface area (Å²) in [4.78, 5) is 11.6. The number of benzene rings is 1. The van der Waals surface area contributed by atoms with Crippen LogP contribution in [0.4, 0.5) is 0 Å². The maximum Gasteiger partial charge on any atom is 0.189 e. The summed E-state index contributed by atoms with van der Waals surface area (Å²) in [5, 5.41) is 0. The monoisotopic (exact) mass is 190 g/mol. The van der Waals surface area contributed by atoms with Gasteiger partial charge in [-0.05, 0) is 19.4 Å². The molecule has 0 fully saturated rings. The molecule has 0 unspecified atom stereocenters. The van der Waals surface area contributed by atoms with Gasteiger partial charge in [0.1, 0.15) is 0 Å². The lowest BCUT2D eigenvalue weighted by atomic mass is 10.1. The SMILES string of the molecule is CCOC=CC(=O)c1ccccc1C. The summed E-state index contributed by atoms with van der Waals surface area (Å²) in [5.74, 6) is -0.0171. The van der Waals surface area contributed by atoms with Crippen LogP contribution in [0.2, 0.25) is 0 Å². The van der Waals surface area contributed by atoms with Gasteiger partial charge in [-0.25, -0.2) is 0 Å². The highest BCUT2D eigenvalue weighted by Gasteiger charge is 2.03. The Bertz CT molecular complexity index is 340. The number of carbonyl (C=O) groups is 1. The van der Waals surface area contributed by atoms with Crippen LogP contribution in [-0.4, -0.2) is 12.4 Å². The van der Waals surface area contributed by atoms with Crippen LogP contribution < -0.4 is 0 Å². The molecule has 0 aliphatic rings. The minimum atomic E-state index is -0.0171. The molecule has 2 heteroatoms. The Morgan fingerprint density at radius 2 is 2.14 bits per heavy atom. The zero-order chi connectivity index (χ0) is 10.4. The number of aryl methyl sites for hydroxylation is 1. The molecule has 0 heterocycles. The van der Waals surface area contributed by atoms with Crippen molar-refractivity contribution in [3.63, 3.8) is 0 Å². The minimum absolute atomic E-state index is 0.0171. The van der Waals surface area contributed by atoms with Crippen LogP contribution >= 0.6 is 0 Å². The second-order valence-electron chi connectivity index (χ2n) is 2.94. The van der Waals surface area contributed by atoms with Gasteiger partial charge in [-0.15, -0.1) is 0 Å². The molecule has 0 spiro atoms. The minimum Gasteiger partial charge on any atom is -0.501 e. The Balaban J connectivity index is 2.75. The topological polar surface area (TPSA) is 26.3 Å². The summed E-state index contributed by atoms with van der Waals surface area (Å²) < 4.78 is 4.96. The Labute approximate surface area is 84.2 Å². The van der Waals surface area contributed by atoms with Gasteiger partial charge in [0.15, 0.2) is 5.78 Å². The van der Waals surface area contributed by atoms with Gasteiger partial charge < -0.3 is 4.74 Å². The molecule has 1 aromatic rings. The third-order valence-corrected chi connectivity index (χ3v) is 1.89. The molecule has 0 N–H and O–H groups in total. The van der Waals surface area contributed by atoms with E-state index in [1.165, 1.54) is 12.3 Å². The molecular weight excluding hydrogens is 176 g/mol. The number of carbonyl (C=O) groups excluding carboxylic acids is 1. The van der Waals surface area contributed by atoms with Crippen molar-refractivity contribution < 1.29 is 9.53 Å². The molecule has 0 bridgehead atoms. The first-order valence-corrected chi connectivity index (χ1v) is 4.63. The number of rotatable bonds is 4. The predicted molar refractivity (Wildman–Crippen MR) is 56.3 cm³/mol. The van der Waals surface area contributed by atoms with E-state index in [0.717, 1.165) is 11.1 Å². The summed E-state index contributed by atoms with van der Waals surface area (Å²) in [7, 11) is 0. The van der Waals surface area contributed by atoms with Crippen molar-refractivity contribution in [1.82, 2.24) is 0 Å². The van der Waals surface area contributed by atoms with Gasteiger partial charge in [-0.3, -0.25) is 4.79 Å². The van der Waals surface area contributed by atoms with Crippen molar-refractivity contribution in [1.29, 1.82) is 0 Å². The summed E-state index contributed by atoms with van der Waals surface area (Å²) in [6.07, 6.45) is 2.89. The first kappa shape index (κ1) is 10.5. The third-order valence-electron chi connectivity index (χ3n) is 1.89. The molecule has 0 amide bonds. The normalized spacial score (nSPS) is 10.4. The number of hydrogen-bond donors (Lipinski definition) is 0. The number of ether oxygens (including phenoxy) is 1. The van der Waals surface area contributed by atoms with Crippen LogP contribution in [0.1, 0.15) is 22.8 Å². The molecule has 1 aromatic carbocycles. The number of allylic oxidation sites excluding steroid dienone is 1. The highest BCUT2D eigenvalue weighted by atomic mass is 16.5. The van der Waals surface area contributed by atoms with Gasteiger partial charge in [0, 0.05) is 11.6 Å². The molecule has 2 nitrogen and oxygen atoms in total. The predicted octanol–water partition coefficient (Wildman–Crippen LogP) is 2.73. The first-order valence-electron chi connectivity index (χ1n) is 4.63. The quantitative estimate of drug-likeness (QED) is 0.414. The van der Waals surface area contributed by atoms with Gasteiger partial charge >= 0.3 is 0 Å². The van der Waals surface area contributed by atoms with Gasteiger partial charge in [0.05, 0.1) is 12.9 Å². The summed E-state index contributed by atoms with van der Waals surface area (Å²) in [6.45, 7) is 4.38. The molecule has 0 aliphatic carbocycles. The van der Waals surface area contributed by atoms with Gasteiger partial charge in [0.25, 0.3) is 0 Å². The van der Waals surface area contributed by atoms with Crippen LogP contribution in [0.5, 0.6) is 0 Å². The zero-order valence-corrected chi connectivity index (χ0v) is 8.49. The maximum absolute atomic E-state index is 11.6. The lowest BCUT2D eigenvalue weighted by molar-refractivity contribution is 0.104. The van der Waals surface area contributed by atoms with Crippen molar-refractivity contribution in [2.75, 3.05) is 6.61 Å². The number of hydrogen-bond acceptors (Lipinski definition) is 2. The molecule has 0 saturated carbocycles. The van der Waals surface area contributed by atoms with Crippen LogP contribution in [0, 0.1) is 6.92 Å². The Morgan fingerprint density at radius 1 is 1.43 bits per heavy atom. The molecule has 0 aliphatic heterocycles. The Hall–Kier alpha value is -1.57. The van der Waals surface area contributed by atoms with E-state index >= 15 is 0 Å². The van der Waals surface area contributed by atoms with Crippen LogP contribution in [0.15, 0.2) is 36.6 Å². The van der Waals surface area contributed by atoms with Crippen LogP contribution in [0.3, 0.4) is 0 Å². The van der Waals surface area contributed by atoms with Crippen molar-refractivity contribution in [2.24, 2.45) is 0 Å². The van der Waals surface area contributed by atoms with E-state index in [0.29, 0.717) is 6.61 Å². The Morgan fingerprint density at radius 3 is 2.79 bits per heavy atom. The van der Waals surface area contributed by atoms with Crippen LogP contribution in [-0.2, 0) is 4.74 Å². The van der Waals surface area contributed by atoms with E-state index in [4.69, 9.17) is 4.74 Å². The van der Waals surface area contributed by atoms with Gasteiger partial charge in [0.2, 0.25) is 0 Å². The summed E-state index contributed by atoms with van der Waals surface area (Å²) in [5.41, 5.74) is 1.71. The molecule has 14 heavy (non-hydrogen) atoms. The largest absolute Gasteiger partial charge is 0.501 e. The Kier molecular flexibility index (Phi) is 3.92. The molecule has 0 atom stereocenters. The van der Waals surface area contributed by atoms with E-state index < -0.39 is 0 Å². The third kappa shape index (κ3) is 2.73. The van der Waals surface area contributed by atoms with Gasteiger partial charge in [-0.2, -0.15) is 0 Å². The van der Waals surface area contributed by atoms with Crippen molar-refractivity contribution in [2.45, 2.75) is 13.8 Å². The van der Waals surface area contributed by atoms with E-state index in [-0.39, 0.29) is 5.78 Å². The van der Waals surface area contributed by atoms with E-state index in [2.05, 4.69) is 0 Å². The first-order chi connectivity index (χ1) is 6.75. The second-order valence-corrected chi connectivity index (χ2v) is 2.94. The van der Waals surface area contributed by atoms with Crippen LogP contribution in [0.25, 0.3) is 0 Å². The molecule has 1 rings (SSSR count). The fourth-order valence-corrected chi connectivity index (χ4v) is 1.15. The fourth-order valence-electron chi connectivity index (χ4n) is 1.15. The lowest BCUT2D eigenvalue weighted by Gasteiger charge is -1.99. The van der Waals surface area contributed by atoms with Crippen molar-refractivity contribution in [3.05, 3.63) is 47.7 Å². The maximum atomic E-state index is 11.6. The molecular formula is C12H14O2. The standard InChI is InChI=1S/C12H14O2/c1-3-14-9-8-12(13)11-7-5-4-6-10(11)2/h4-9H,3H2,1-2H3. The molecule has 74 valence electrons. The highest BCUT2D eigenvalue weighted by molar-refractivity contribution is 6.05. The van der Waals surface area contributed by atoms with E-state index in [9.17, 15) is 4.79 Å². The van der Waals surface area contributed by atoms with Gasteiger partial charge in [-0.1, -0.05) is 24.3 Å². The molecule has 0 saturated heterocycles. The fraction of sp³-hybridized carbons (Fsp3) is 0.250. The second kappa shape index (κ2) is 5.22. The average Bonchev–Trinajstić information content (AvgIpc) is 2.18. The van der Waals surface area contributed by atoms with E-state index in [1.54, 1.807) is 0 Å².